The fraction of sp³-hybridized carbons (Fsp3) is 0.500. The second-order valence-corrected chi connectivity index (χ2v) is 9.26. The minimum Gasteiger partial charge on any atom is -0.623 e. The van der Waals surface area contributed by atoms with Crippen LogP contribution in [0.5, 0.6) is 11.5 Å². The van der Waals surface area contributed by atoms with Gasteiger partial charge in [0.1, 0.15) is 23.7 Å². The van der Waals surface area contributed by atoms with E-state index >= 15 is 0 Å². The topological polar surface area (TPSA) is 95.7 Å². The van der Waals surface area contributed by atoms with Gasteiger partial charge in [0.15, 0.2) is 12.3 Å². The fourth-order valence-corrected chi connectivity index (χ4v) is 5.30. The summed E-state index contributed by atoms with van der Waals surface area (Å²) in [7, 11) is 3.25. The highest BCUT2D eigenvalue weighted by Gasteiger charge is 2.57. The Morgan fingerprint density at radius 2 is 1.63 bits per heavy atom. The minimum absolute atomic E-state index is 0.0450. The number of nitrogens with zero attached hydrogens (tertiary/aromatic N) is 2. The SMILES string of the molecule is COc1ccc(/C=[N+](\[O-])[C@H]2[C@@H](CO)CO[C@@H]2[C@H]2OC[C@@H]3CON(Cc4ccc(OC)cc4)[C@@H]32)cc1. The summed E-state index contributed by atoms with van der Waals surface area (Å²) in [6.07, 6.45) is 0.707. The maximum Gasteiger partial charge on any atom is 0.198 e. The Morgan fingerprint density at radius 3 is 2.29 bits per heavy atom. The molecule has 3 aliphatic heterocycles. The van der Waals surface area contributed by atoms with Crippen LogP contribution in [0.2, 0.25) is 0 Å². The van der Waals surface area contributed by atoms with E-state index in [0.717, 1.165) is 27.4 Å². The third-order valence-electron chi connectivity index (χ3n) is 7.17. The fourth-order valence-electron chi connectivity index (χ4n) is 5.30. The van der Waals surface area contributed by atoms with E-state index in [1.807, 2.05) is 53.6 Å². The molecule has 5 rings (SSSR count). The van der Waals surface area contributed by atoms with Gasteiger partial charge in [-0.15, -0.1) is 0 Å². The van der Waals surface area contributed by atoms with Crippen molar-refractivity contribution in [2.75, 3.05) is 40.6 Å². The molecule has 0 amide bonds. The van der Waals surface area contributed by atoms with Crippen molar-refractivity contribution in [2.45, 2.75) is 30.8 Å². The number of hydrogen-bond acceptors (Lipinski definition) is 8. The average Bonchev–Trinajstić information content (AvgIpc) is 3.60. The Morgan fingerprint density at radius 1 is 0.971 bits per heavy atom. The van der Waals surface area contributed by atoms with Gasteiger partial charge in [0, 0.05) is 18.0 Å². The van der Waals surface area contributed by atoms with Crippen LogP contribution in [0, 0.1) is 17.0 Å². The molecule has 3 aliphatic rings. The standard InChI is InChI=1S/C26H32N2O7/c1-31-21-7-3-17(4-8-21)11-27(30)23-19(13-29)14-33-25(23)26-24-20(15-34-26)16-35-28(24)12-18-5-9-22(32-2)10-6-18/h3-11,19-20,23-26,29H,12-16H2,1-2H3/b27-11-/t19-,20+,23-,24-,25-,26-/m0/s1. The van der Waals surface area contributed by atoms with Crippen LogP contribution in [-0.2, 0) is 20.9 Å². The molecular formula is C26H32N2O7. The summed E-state index contributed by atoms with van der Waals surface area (Å²) < 4.78 is 23.7. The van der Waals surface area contributed by atoms with E-state index in [1.54, 1.807) is 20.4 Å². The van der Waals surface area contributed by atoms with E-state index < -0.39 is 12.1 Å². The van der Waals surface area contributed by atoms with Crippen molar-refractivity contribution >= 4 is 6.21 Å². The first-order chi connectivity index (χ1) is 17.1. The molecule has 0 aliphatic carbocycles. The second kappa shape index (κ2) is 10.5. The number of aliphatic hydroxyl groups excluding tert-OH is 1. The van der Waals surface area contributed by atoms with Crippen LogP contribution >= 0.6 is 0 Å². The van der Waals surface area contributed by atoms with E-state index in [0.29, 0.717) is 26.4 Å². The van der Waals surface area contributed by atoms with E-state index in [4.69, 9.17) is 23.8 Å². The van der Waals surface area contributed by atoms with Gasteiger partial charge < -0.3 is 29.3 Å². The highest BCUT2D eigenvalue weighted by atomic mass is 16.7. The van der Waals surface area contributed by atoms with Crippen molar-refractivity contribution in [3.8, 4) is 11.5 Å². The Hall–Kier alpha value is -2.69. The van der Waals surface area contributed by atoms with Crippen molar-refractivity contribution in [3.63, 3.8) is 0 Å². The van der Waals surface area contributed by atoms with Gasteiger partial charge in [-0.25, -0.2) is 4.74 Å². The first-order valence-corrected chi connectivity index (χ1v) is 11.9. The molecule has 1 N–H and O–H groups in total. The summed E-state index contributed by atoms with van der Waals surface area (Å²) in [5, 5.41) is 25.3. The van der Waals surface area contributed by atoms with Crippen molar-refractivity contribution in [2.24, 2.45) is 11.8 Å². The lowest BCUT2D eigenvalue weighted by Crippen LogP contribution is -2.51. The number of rotatable bonds is 8. The highest BCUT2D eigenvalue weighted by molar-refractivity contribution is 5.76. The number of hydrogen-bond donors (Lipinski definition) is 1. The normalized spacial score (nSPS) is 31.0. The second-order valence-electron chi connectivity index (χ2n) is 9.26. The predicted octanol–water partition coefficient (Wildman–Crippen LogP) is 1.84. The van der Waals surface area contributed by atoms with Gasteiger partial charge in [-0.3, -0.25) is 4.84 Å². The summed E-state index contributed by atoms with van der Waals surface area (Å²) in [6.45, 7) is 1.87. The zero-order valence-electron chi connectivity index (χ0n) is 20.0. The molecule has 3 saturated heterocycles. The van der Waals surface area contributed by atoms with E-state index in [9.17, 15) is 10.3 Å². The first kappa shape index (κ1) is 24.0. The van der Waals surface area contributed by atoms with Gasteiger partial charge in [0.2, 0.25) is 0 Å². The zero-order chi connectivity index (χ0) is 24.4. The van der Waals surface area contributed by atoms with E-state index in [2.05, 4.69) is 0 Å². The van der Waals surface area contributed by atoms with E-state index in [1.165, 1.54) is 0 Å². The Labute approximate surface area is 205 Å². The van der Waals surface area contributed by atoms with Crippen molar-refractivity contribution < 1.29 is 33.6 Å². The molecule has 6 atom stereocenters. The smallest absolute Gasteiger partial charge is 0.198 e. The number of methoxy groups -OCH3 is 2. The van der Waals surface area contributed by atoms with Crippen LogP contribution < -0.4 is 9.47 Å². The van der Waals surface area contributed by atoms with Gasteiger partial charge in [-0.1, -0.05) is 12.1 Å². The Bertz CT molecular complexity index is 1010. The molecule has 0 radical (unpaired) electrons. The predicted molar refractivity (Wildman–Crippen MR) is 127 cm³/mol. The molecule has 188 valence electrons. The molecule has 0 saturated carbocycles. The number of benzene rings is 2. The van der Waals surface area contributed by atoms with Gasteiger partial charge >= 0.3 is 0 Å². The summed E-state index contributed by atoms with van der Waals surface area (Å²) in [5.41, 5.74) is 1.84. The molecular weight excluding hydrogens is 452 g/mol. The minimum atomic E-state index is -0.575. The van der Waals surface area contributed by atoms with Gasteiger partial charge in [-0.05, 0) is 42.0 Å². The molecule has 2 aromatic rings. The number of ether oxygens (including phenoxy) is 4. The third-order valence-corrected chi connectivity index (χ3v) is 7.17. The van der Waals surface area contributed by atoms with Crippen LogP contribution in [-0.4, -0.2) is 86.1 Å². The van der Waals surface area contributed by atoms with Gasteiger partial charge in [0.25, 0.3) is 0 Å². The summed E-state index contributed by atoms with van der Waals surface area (Å²) in [4.78, 5) is 6.04. The van der Waals surface area contributed by atoms with Crippen LogP contribution in [0.1, 0.15) is 11.1 Å². The van der Waals surface area contributed by atoms with E-state index in [-0.39, 0.29) is 30.6 Å². The Balaban J connectivity index is 1.35. The monoisotopic (exact) mass is 484 g/mol. The van der Waals surface area contributed by atoms with Gasteiger partial charge in [0.05, 0.1) is 52.6 Å². The van der Waals surface area contributed by atoms with Crippen LogP contribution in [0.15, 0.2) is 48.5 Å². The maximum absolute atomic E-state index is 13.4. The van der Waals surface area contributed by atoms with Crippen LogP contribution in [0.3, 0.4) is 0 Å². The lowest BCUT2D eigenvalue weighted by atomic mass is 9.90. The maximum atomic E-state index is 13.4. The molecule has 0 aromatic heterocycles. The number of hydroxylamine groups is 3. The van der Waals surface area contributed by atoms with Crippen molar-refractivity contribution in [1.82, 2.24) is 5.06 Å². The summed E-state index contributed by atoms with van der Waals surface area (Å²) >= 11 is 0. The van der Waals surface area contributed by atoms with Crippen LogP contribution in [0.25, 0.3) is 0 Å². The van der Waals surface area contributed by atoms with Crippen molar-refractivity contribution in [3.05, 3.63) is 64.9 Å². The van der Waals surface area contributed by atoms with Crippen LogP contribution in [0.4, 0.5) is 0 Å². The molecule has 3 heterocycles. The lowest BCUT2D eigenvalue weighted by Gasteiger charge is -2.31. The molecule has 0 spiro atoms. The molecule has 35 heavy (non-hydrogen) atoms. The number of fused-ring (bicyclic) bond motifs is 1. The highest BCUT2D eigenvalue weighted by Crippen LogP contribution is 2.39. The largest absolute Gasteiger partial charge is 0.623 e. The summed E-state index contributed by atoms with van der Waals surface area (Å²) in [5.74, 6) is 1.41. The molecule has 0 bridgehead atoms. The lowest BCUT2D eigenvalue weighted by molar-refractivity contribution is -0.513. The van der Waals surface area contributed by atoms with Crippen molar-refractivity contribution in [1.29, 1.82) is 0 Å². The zero-order valence-corrected chi connectivity index (χ0v) is 20.0. The Kier molecular flexibility index (Phi) is 7.22. The molecule has 2 aromatic carbocycles. The van der Waals surface area contributed by atoms with Gasteiger partial charge in [-0.2, -0.15) is 5.06 Å². The molecule has 0 unspecified atom stereocenters. The number of aliphatic hydroxyl groups is 1. The average molecular weight is 485 g/mol. The summed E-state index contributed by atoms with van der Waals surface area (Å²) in [6, 6.07) is 14.5. The molecule has 9 heteroatoms. The third kappa shape index (κ3) is 4.87. The molecule has 3 fully saturated rings. The quantitative estimate of drug-likeness (QED) is 0.263. The molecule has 9 nitrogen and oxygen atoms in total. The first-order valence-electron chi connectivity index (χ1n) is 11.9.